The van der Waals surface area contributed by atoms with Crippen molar-refractivity contribution in [3.05, 3.63) is 113 Å². The highest BCUT2D eigenvalue weighted by atomic mass is 19.1. The molecule has 2 amide bonds. The summed E-state index contributed by atoms with van der Waals surface area (Å²) in [6.07, 6.45) is -1.31. The van der Waals surface area contributed by atoms with Crippen LogP contribution in [0.15, 0.2) is 91.0 Å². The van der Waals surface area contributed by atoms with Crippen LogP contribution < -0.4 is 14.4 Å². The molecule has 8 nitrogen and oxygen atoms in total. The van der Waals surface area contributed by atoms with E-state index in [4.69, 9.17) is 19.2 Å². The minimum atomic E-state index is -1.26. The highest BCUT2D eigenvalue weighted by molar-refractivity contribution is 6.10. The molecule has 1 fully saturated rings. The quantitative estimate of drug-likeness (QED) is 0.194. The Bertz CT molecular complexity index is 1730. The Balaban J connectivity index is 1.25. The molecule has 0 bridgehead atoms. The topological polar surface area (TPSA) is 81.2 Å². The van der Waals surface area contributed by atoms with Crippen molar-refractivity contribution in [3.8, 4) is 11.8 Å². The fourth-order valence-electron chi connectivity index (χ4n) is 6.05. The highest BCUT2D eigenvalue weighted by Gasteiger charge is 2.39. The zero-order valence-electron chi connectivity index (χ0n) is 27.2. The molecule has 0 saturated carbocycles. The van der Waals surface area contributed by atoms with Crippen LogP contribution in [0.2, 0.25) is 0 Å². The summed E-state index contributed by atoms with van der Waals surface area (Å²) in [4.78, 5) is 34.2. The molecule has 9 heteroatoms. The second-order valence-corrected chi connectivity index (χ2v) is 13.1. The number of fused-ring (bicyclic) bond motifs is 1. The van der Waals surface area contributed by atoms with Crippen LogP contribution in [-0.4, -0.2) is 46.7 Å². The normalized spacial score (nSPS) is 19.3. The number of amides is 2. The molecule has 3 aromatic carbocycles. The molecule has 2 aliphatic heterocycles. The van der Waals surface area contributed by atoms with Crippen LogP contribution in [0.1, 0.15) is 68.2 Å². The van der Waals surface area contributed by atoms with Gasteiger partial charge in [-0.3, -0.25) is 9.69 Å². The number of carbonyl (C=O) groups is 2. The van der Waals surface area contributed by atoms with Crippen LogP contribution in [0.3, 0.4) is 0 Å². The molecule has 4 aromatic rings. The van der Waals surface area contributed by atoms with Crippen LogP contribution in [-0.2, 0) is 22.7 Å². The van der Waals surface area contributed by atoms with Crippen molar-refractivity contribution in [2.24, 2.45) is 0 Å². The Morgan fingerprint density at radius 3 is 2.17 bits per heavy atom. The summed E-state index contributed by atoms with van der Waals surface area (Å²) in [5.41, 5.74) is 4.15. The lowest BCUT2D eigenvalue weighted by Gasteiger charge is -2.36. The molecular formula is C38H40FN3O5. The van der Waals surface area contributed by atoms with Crippen LogP contribution in [0.5, 0.6) is 11.8 Å². The number of hydrogen-bond acceptors (Lipinski definition) is 6. The first kappa shape index (κ1) is 32.0. The van der Waals surface area contributed by atoms with E-state index in [0.29, 0.717) is 36.8 Å². The lowest BCUT2D eigenvalue weighted by Crippen LogP contribution is -2.46. The van der Waals surface area contributed by atoms with Gasteiger partial charge in [-0.15, -0.1) is 0 Å². The number of hydrogen-bond donors (Lipinski definition) is 0. The van der Waals surface area contributed by atoms with E-state index >= 15 is 4.39 Å². The maximum atomic E-state index is 15.6. The largest absolute Gasteiger partial charge is 0.473 e. The van der Waals surface area contributed by atoms with E-state index < -0.39 is 29.7 Å². The van der Waals surface area contributed by atoms with Gasteiger partial charge in [0.1, 0.15) is 30.7 Å². The molecule has 2 aliphatic rings. The highest BCUT2D eigenvalue weighted by Crippen LogP contribution is 2.46. The molecule has 0 N–H and O–H groups in total. The minimum absolute atomic E-state index is 0.0379. The summed E-state index contributed by atoms with van der Waals surface area (Å²) in [6.45, 7) is 8.19. The number of alkyl halides is 1. The second kappa shape index (κ2) is 13.4. The fourth-order valence-corrected chi connectivity index (χ4v) is 6.05. The number of nitrogens with zero attached hydrogens (tertiary/aromatic N) is 3. The molecule has 2 unspecified atom stereocenters. The summed E-state index contributed by atoms with van der Waals surface area (Å²) < 4.78 is 33.3. The Morgan fingerprint density at radius 2 is 1.53 bits per heavy atom. The monoisotopic (exact) mass is 637 g/mol. The van der Waals surface area contributed by atoms with E-state index in [2.05, 4.69) is 0 Å². The summed E-state index contributed by atoms with van der Waals surface area (Å²) in [5, 5.41) is 0. The maximum absolute atomic E-state index is 15.6. The van der Waals surface area contributed by atoms with E-state index in [9.17, 15) is 9.59 Å². The Kier molecular flexibility index (Phi) is 9.16. The molecule has 3 atom stereocenters. The molecule has 0 radical (unpaired) electrons. The average molecular weight is 638 g/mol. The van der Waals surface area contributed by atoms with Crippen LogP contribution in [0, 0.1) is 0 Å². The summed E-state index contributed by atoms with van der Waals surface area (Å²) in [7, 11) is 0. The number of halogens is 1. The predicted molar refractivity (Wildman–Crippen MR) is 178 cm³/mol. The molecule has 1 aromatic heterocycles. The van der Waals surface area contributed by atoms with Gasteiger partial charge in [-0.05, 0) is 68.5 Å². The van der Waals surface area contributed by atoms with Gasteiger partial charge in [0, 0.05) is 18.5 Å². The molecule has 3 heterocycles. The first-order chi connectivity index (χ1) is 22.6. The van der Waals surface area contributed by atoms with Gasteiger partial charge in [0.25, 0.3) is 0 Å². The third kappa shape index (κ3) is 7.24. The number of aromatic nitrogens is 1. The van der Waals surface area contributed by atoms with Crippen LogP contribution in [0.4, 0.5) is 20.6 Å². The molecule has 1 saturated heterocycles. The number of carbonyl (C=O) groups excluding carboxylic acids is 2. The van der Waals surface area contributed by atoms with Gasteiger partial charge in [0.2, 0.25) is 17.7 Å². The standard InChI is InChI=1S/C38H40FN3O5/c1-25-30-21-28(29-19-20-41(22-31(29)39)37(44)47-38(2,3)4)15-16-32(30)42(36(25)43)33-17-18-34(45-23-26-11-7-5-8-12-26)40-35(33)46-24-27-13-9-6-10-14-27/h5-18,21,25,29,31H,19-20,22-24H2,1-4H3/t25-,29?,31?/m0/s1. The van der Waals surface area contributed by atoms with Crippen LogP contribution in [0.25, 0.3) is 0 Å². The van der Waals surface area contributed by atoms with Crippen molar-refractivity contribution in [1.29, 1.82) is 0 Å². The zero-order chi connectivity index (χ0) is 33.1. The molecule has 244 valence electrons. The fraction of sp³-hybridized carbons (Fsp3) is 0.342. The van der Waals surface area contributed by atoms with E-state index in [1.54, 1.807) is 37.8 Å². The molecular weight excluding hydrogens is 597 g/mol. The molecule has 6 rings (SSSR count). The van der Waals surface area contributed by atoms with Gasteiger partial charge in [-0.25, -0.2) is 9.18 Å². The van der Waals surface area contributed by atoms with Crippen molar-refractivity contribution in [3.63, 3.8) is 0 Å². The van der Waals surface area contributed by atoms with E-state index in [-0.39, 0.29) is 24.9 Å². The second-order valence-electron chi connectivity index (χ2n) is 13.1. The SMILES string of the molecule is C[C@@H]1C(=O)N(c2ccc(OCc3ccccc3)nc2OCc2ccccc2)c2ccc(C3CCN(C(=O)OC(C)(C)C)CC3F)cc21. The Morgan fingerprint density at radius 1 is 0.894 bits per heavy atom. The smallest absolute Gasteiger partial charge is 0.410 e. The first-order valence-corrected chi connectivity index (χ1v) is 16.0. The predicted octanol–water partition coefficient (Wildman–Crippen LogP) is 8.08. The number of benzene rings is 3. The van der Waals surface area contributed by atoms with Crippen molar-refractivity contribution < 1.29 is 28.2 Å². The van der Waals surface area contributed by atoms with Gasteiger partial charge in [-0.2, -0.15) is 4.98 Å². The number of anilines is 2. The van der Waals surface area contributed by atoms with E-state index in [1.807, 2.05) is 85.8 Å². The minimum Gasteiger partial charge on any atom is -0.473 e. The average Bonchev–Trinajstić information content (AvgIpc) is 3.31. The maximum Gasteiger partial charge on any atom is 0.410 e. The van der Waals surface area contributed by atoms with Crippen molar-refractivity contribution in [1.82, 2.24) is 9.88 Å². The summed E-state index contributed by atoms with van der Waals surface area (Å²) in [6, 6.07) is 28.8. The number of ether oxygens (including phenoxy) is 3. The number of pyridine rings is 1. The van der Waals surface area contributed by atoms with Crippen LogP contribution >= 0.6 is 0 Å². The van der Waals surface area contributed by atoms with Gasteiger partial charge in [0.15, 0.2) is 0 Å². The summed E-state index contributed by atoms with van der Waals surface area (Å²) in [5.74, 6) is -0.334. The van der Waals surface area contributed by atoms with E-state index in [0.717, 1.165) is 22.3 Å². The number of likely N-dealkylation sites (tertiary alicyclic amines) is 1. The van der Waals surface area contributed by atoms with Crippen molar-refractivity contribution in [2.45, 2.75) is 70.9 Å². The van der Waals surface area contributed by atoms with Gasteiger partial charge < -0.3 is 19.1 Å². The van der Waals surface area contributed by atoms with Gasteiger partial charge in [0.05, 0.1) is 18.2 Å². The van der Waals surface area contributed by atoms with Gasteiger partial charge >= 0.3 is 6.09 Å². The van der Waals surface area contributed by atoms with E-state index in [1.165, 1.54) is 4.90 Å². The number of rotatable bonds is 8. The molecule has 0 spiro atoms. The van der Waals surface area contributed by atoms with Gasteiger partial charge in [-0.1, -0.05) is 72.8 Å². The third-order valence-electron chi connectivity index (χ3n) is 8.47. The lowest BCUT2D eigenvalue weighted by atomic mass is 9.86. The molecule has 47 heavy (non-hydrogen) atoms. The van der Waals surface area contributed by atoms with Crippen molar-refractivity contribution in [2.75, 3.05) is 18.0 Å². The Hall–Kier alpha value is -4.92. The Labute approximate surface area is 275 Å². The lowest BCUT2D eigenvalue weighted by molar-refractivity contribution is -0.118. The zero-order valence-corrected chi connectivity index (χ0v) is 27.2. The number of piperidine rings is 1. The molecule has 0 aliphatic carbocycles. The third-order valence-corrected chi connectivity index (χ3v) is 8.47. The first-order valence-electron chi connectivity index (χ1n) is 16.0. The van der Waals surface area contributed by atoms with Crippen molar-refractivity contribution >= 4 is 23.4 Å². The summed E-state index contributed by atoms with van der Waals surface area (Å²) >= 11 is 0.